The maximum absolute atomic E-state index is 12.1. The fraction of sp³-hybridized carbons (Fsp3) is 0.353. The lowest BCUT2D eigenvalue weighted by molar-refractivity contribution is -0.384. The van der Waals surface area contributed by atoms with Crippen LogP contribution in [0.2, 0.25) is 0 Å². The SMILES string of the molecule is O=C1N[C@H](c2ccc(-c3ccccc3[N+](=O)[O-])o2)N2CCCC[C@@H]12. The third-order valence-corrected chi connectivity index (χ3v) is 4.72. The van der Waals surface area contributed by atoms with Gasteiger partial charge in [0.2, 0.25) is 5.91 Å². The molecular weight excluding hydrogens is 310 g/mol. The number of rotatable bonds is 3. The molecule has 3 heterocycles. The summed E-state index contributed by atoms with van der Waals surface area (Å²) in [5.74, 6) is 1.08. The Morgan fingerprint density at radius 3 is 2.88 bits per heavy atom. The van der Waals surface area contributed by atoms with Gasteiger partial charge in [-0.2, -0.15) is 0 Å². The van der Waals surface area contributed by atoms with Crippen molar-refractivity contribution in [3.8, 4) is 11.3 Å². The van der Waals surface area contributed by atoms with Crippen molar-refractivity contribution < 1.29 is 14.1 Å². The van der Waals surface area contributed by atoms with E-state index in [4.69, 9.17) is 4.42 Å². The first-order valence-corrected chi connectivity index (χ1v) is 8.05. The molecule has 1 aromatic carbocycles. The molecule has 2 saturated heterocycles. The number of nitro benzene ring substituents is 1. The Kier molecular flexibility index (Phi) is 3.57. The van der Waals surface area contributed by atoms with Gasteiger partial charge in [-0.15, -0.1) is 0 Å². The third kappa shape index (κ3) is 2.37. The second-order valence-corrected chi connectivity index (χ2v) is 6.14. The number of hydrogen-bond donors (Lipinski definition) is 1. The van der Waals surface area contributed by atoms with E-state index in [-0.39, 0.29) is 23.8 Å². The van der Waals surface area contributed by atoms with Crippen LogP contribution in [0.25, 0.3) is 11.3 Å². The largest absolute Gasteiger partial charge is 0.457 e. The summed E-state index contributed by atoms with van der Waals surface area (Å²) < 4.78 is 5.88. The van der Waals surface area contributed by atoms with Gasteiger partial charge >= 0.3 is 0 Å². The minimum atomic E-state index is -0.421. The molecule has 0 bridgehead atoms. The molecule has 2 aliphatic heterocycles. The number of nitro groups is 1. The zero-order chi connectivity index (χ0) is 16.7. The average Bonchev–Trinajstić information content (AvgIpc) is 3.20. The lowest BCUT2D eigenvalue weighted by Crippen LogP contribution is -2.38. The van der Waals surface area contributed by atoms with Crippen molar-refractivity contribution in [2.24, 2.45) is 0 Å². The van der Waals surface area contributed by atoms with E-state index in [1.807, 2.05) is 0 Å². The molecule has 7 nitrogen and oxygen atoms in total. The van der Waals surface area contributed by atoms with E-state index in [1.165, 1.54) is 6.07 Å². The van der Waals surface area contributed by atoms with Crippen LogP contribution in [0.5, 0.6) is 0 Å². The molecule has 0 radical (unpaired) electrons. The number of hydrogen-bond acceptors (Lipinski definition) is 5. The number of para-hydroxylation sites is 1. The Bertz CT molecular complexity index is 801. The Morgan fingerprint density at radius 1 is 1.21 bits per heavy atom. The highest BCUT2D eigenvalue weighted by atomic mass is 16.6. The van der Waals surface area contributed by atoms with Crippen molar-refractivity contribution in [1.29, 1.82) is 0 Å². The van der Waals surface area contributed by atoms with Crippen LogP contribution in [0.4, 0.5) is 5.69 Å². The highest BCUT2D eigenvalue weighted by Gasteiger charge is 2.42. The molecule has 4 rings (SSSR count). The smallest absolute Gasteiger partial charge is 0.280 e. The molecule has 0 aliphatic carbocycles. The fourth-order valence-corrected chi connectivity index (χ4v) is 3.58. The van der Waals surface area contributed by atoms with Gasteiger partial charge in [-0.1, -0.05) is 18.6 Å². The van der Waals surface area contributed by atoms with Gasteiger partial charge in [0.05, 0.1) is 16.5 Å². The number of carbonyl (C=O) groups is 1. The van der Waals surface area contributed by atoms with Crippen LogP contribution < -0.4 is 5.32 Å². The highest BCUT2D eigenvalue weighted by molar-refractivity contribution is 5.84. The number of carbonyl (C=O) groups excluding carboxylic acids is 1. The quantitative estimate of drug-likeness (QED) is 0.692. The summed E-state index contributed by atoms with van der Waals surface area (Å²) in [7, 11) is 0. The maximum atomic E-state index is 12.1. The lowest BCUT2D eigenvalue weighted by Gasteiger charge is -2.30. The van der Waals surface area contributed by atoms with E-state index in [2.05, 4.69) is 10.2 Å². The molecule has 2 aliphatic rings. The number of benzene rings is 1. The normalized spacial score (nSPS) is 23.8. The number of piperidine rings is 1. The Labute approximate surface area is 138 Å². The van der Waals surface area contributed by atoms with Gasteiger partial charge in [-0.05, 0) is 31.0 Å². The molecule has 1 N–H and O–H groups in total. The molecular formula is C17H17N3O4. The van der Waals surface area contributed by atoms with Crippen LogP contribution in [-0.4, -0.2) is 28.3 Å². The standard InChI is InChI=1S/C17H17N3O4/c21-17-13-7-3-4-10-19(13)16(18-17)15-9-8-14(24-15)11-5-1-2-6-12(11)20(22)23/h1-2,5-6,8-9,13,16H,3-4,7,10H2,(H,18,21)/t13-,16-/m0/s1. The van der Waals surface area contributed by atoms with Crippen molar-refractivity contribution in [1.82, 2.24) is 10.2 Å². The summed E-state index contributed by atoms with van der Waals surface area (Å²) >= 11 is 0. The van der Waals surface area contributed by atoms with Crippen molar-refractivity contribution >= 4 is 11.6 Å². The molecule has 0 saturated carbocycles. The summed E-state index contributed by atoms with van der Waals surface area (Å²) in [5.41, 5.74) is 0.443. The van der Waals surface area contributed by atoms with Crippen LogP contribution in [-0.2, 0) is 4.79 Å². The van der Waals surface area contributed by atoms with Crippen LogP contribution in [0.3, 0.4) is 0 Å². The molecule has 0 spiro atoms. The molecule has 2 fully saturated rings. The van der Waals surface area contributed by atoms with Gasteiger partial charge in [-0.25, -0.2) is 0 Å². The predicted molar refractivity (Wildman–Crippen MR) is 86.0 cm³/mol. The first kappa shape index (κ1) is 14.9. The van der Waals surface area contributed by atoms with E-state index in [1.54, 1.807) is 30.3 Å². The summed E-state index contributed by atoms with van der Waals surface area (Å²) in [4.78, 5) is 25.0. The average molecular weight is 327 g/mol. The second-order valence-electron chi connectivity index (χ2n) is 6.14. The van der Waals surface area contributed by atoms with Gasteiger partial charge in [0, 0.05) is 12.6 Å². The van der Waals surface area contributed by atoms with E-state index < -0.39 is 4.92 Å². The van der Waals surface area contributed by atoms with Crippen molar-refractivity contribution in [3.63, 3.8) is 0 Å². The number of furan rings is 1. The molecule has 24 heavy (non-hydrogen) atoms. The molecule has 124 valence electrons. The molecule has 7 heteroatoms. The molecule has 1 aromatic heterocycles. The van der Waals surface area contributed by atoms with Crippen molar-refractivity contribution in [2.45, 2.75) is 31.5 Å². The minimum Gasteiger partial charge on any atom is -0.457 e. The van der Waals surface area contributed by atoms with E-state index in [0.29, 0.717) is 17.1 Å². The van der Waals surface area contributed by atoms with Crippen molar-refractivity contribution in [2.75, 3.05) is 6.54 Å². The number of amides is 1. The fourth-order valence-electron chi connectivity index (χ4n) is 3.58. The van der Waals surface area contributed by atoms with Gasteiger partial charge < -0.3 is 9.73 Å². The van der Waals surface area contributed by atoms with E-state index in [9.17, 15) is 14.9 Å². The van der Waals surface area contributed by atoms with Gasteiger partial charge in [0.15, 0.2) is 0 Å². The van der Waals surface area contributed by atoms with Crippen LogP contribution in [0.1, 0.15) is 31.2 Å². The zero-order valence-electron chi connectivity index (χ0n) is 13.0. The van der Waals surface area contributed by atoms with Gasteiger partial charge in [0.1, 0.15) is 17.7 Å². The summed E-state index contributed by atoms with van der Waals surface area (Å²) in [6, 6.07) is 9.90. The van der Waals surface area contributed by atoms with Crippen LogP contribution in [0, 0.1) is 10.1 Å². The monoisotopic (exact) mass is 327 g/mol. The lowest BCUT2D eigenvalue weighted by atomic mass is 10.0. The topological polar surface area (TPSA) is 88.6 Å². The molecule has 0 unspecified atom stereocenters. The Balaban J connectivity index is 1.66. The second kappa shape index (κ2) is 5.76. The maximum Gasteiger partial charge on any atom is 0.280 e. The van der Waals surface area contributed by atoms with Crippen LogP contribution in [0.15, 0.2) is 40.8 Å². The third-order valence-electron chi connectivity index (χ3n) is 4.72. The Morgan fingerprint density at radius 2 is 2.04 bits per heavy atom. The highest BCUT2D eigenvalue weighted by Crippen LogP contribution is 2.36. The van der Waals surface area contributed by atoms with Gasteiger partial charge in [-0.3, -0.25) is 19.8 Å². The summed E-state index contributed by atoms with van der Waals surface area (Å²) in [5, 5.41) is 14.2. The van der Waals surface area contributed by atoms with Crippen LogP contribution >= 0.6 is 0 Å². The van der Waals surface area contributed by atoms with E-state index in [0.717, 1.165) is 25.8 Å². The summed E-state index contributed by atoms with van der Waals surface area (Å²) in [6.45, 7) is 0.843. The minimum absolute atomic E-state index is 0.00436. The zero-order valence-corrected chi connectivity index (χ0v) is 13.0. The number of nitrogens with one attached hydrogen (secondary N) is 1. The number of fused-ring (bicyclic) bond motifs is 1. The molecule has 2 aromatic rings. The first-order valence-electron chi connectivity index (χ1n) is 8.05. The van der Waals surface area contributed by atoms with Gasteiger partial charge in [0.25, 0.3) is 5.69 Å². The summed E-state index contributed by atoms with van der Waals surface area (Å²) in [6.07, 6.45) is 2.68. The van der Waals surface area contributed by atoms with E-state index >= 15 is 0 Å². The molecule has 2 atom stereocenters. The number of nitrogens with zero attached hydrogens (tertiary/aromatic N) is 2. The predicted octanol–water partition coefficient (Wildman–Crippen LogP) is 2.84. The Hall–Kier alpha value is -2.67. The van der Waals surface area contributed by atoms with Crippen molar-refractivity contribution in [3.05, 3.63) is 52.3 Å². The molecule has 1 amide bonds. The first-order chi connectivity index (χ1) is 11.6.